The molecule has 2 aromatic rings. The standard InChI is InChI=1S/C19H19FN2O6S/c1-27-16-9-5-13(11-17(16)28-2)21-19(24)15-8-10-18(23)22(15)29(25,26)14-6-3-12(20)4-7-14/h3-7,9,11,15H,8,10H2,1-2H3,(H,21,24)/t15-/m1/s1. The van der Waals surface area contributed by atoms with E-state index in [9.17, 15) is 22.4 Å². The average molecular weight is 422 g/mol. The van der Waals surface area contributed by atoms with Crippen molar-refractivity contribution in [3.63, 3.8) is 0 Å². The summed E-state index contributed by atoms with van der Waals surface area (Å²) in [5.41, 5.74) is 0.353. The Hall–Kier alpha value is -3.14. The lowest BCUT2D eigenvalue weighted by Crippen LogP contribution is -2.45. The Balaban J connectivity index is 1.86. The Bertz CT molecular complexity index is 1040. The minimum atomic E-state index is -4.30. The molecule has 8 nitrogen and oxygen atoms in total. The lowest BCUT2D eigenvalue weighted by atomic mass is 10.2. The maximum Gasteiger partial charge on any atom is 0.267 e. The predicted octanol–water partition coefficient (Wildman–Crippen LogP) is 2.16. The Morgan fingerprint density at radius 2 is 1.76 bits per heavy atom. The summed E-state index contributed by atoms with van der Waals surface area (Å²) in [7, 11) is -1.39. The van der Waals surface area contributed by atoms with Gasteiger partial charge in [-0.3, -0.25) is 9.59 Å². The highest BCUT2D eigenvalue weighted by molar-refractivity contribution is 7.89. The van der Waals surface area contributed by atoms with Crippen LogP contribution in [0.5, 0.6) is 11.5 Å². The third-order valence-corrected chi connectivity index (χ3v) is 6.33. The number of anilines is 1. The van der Waals surface area contributed by atoms with Crippen LogP contribution in [0.2, 0.25) is 0 Å². The third kappa shape index (κ3) is 4.02. The summed E-state index contributed by atoms with van der Waals surface area (Å²) in [6.07, 6.45) is -0.0528. The van der Waals surface area contributed by atoms with Crippen molar-refractivity contribution in [3.8, 4) is 11.5 Å². The van der Waals surface area contributed by atoms with Gasteiger partial charge >= 0.3 is 0 Å². The molecule has 1 saturated heterocycles. The second-order valence-electron chi connectivity index (χ2n) is 6.26. The molecule has 0 radical (unpaired) electrons. The first-order valence-corrected chi connectivity index (χ1v) is 10.1. The van der Waals surface area contributed by atoms with Crippen molar-refractivity contribution in [2.24, 2.45) is 0 Å². The van der Waals surface area contributed by atoms with Crippen molar-refractivity contribution >= 4 is 27.5 Å². The number of sulfonamides is 1. The van der Waals surface area contributed by atoms with Crippen LogP contribution in [0, 0.1) is 5.82 Å². The Morgan fingerprint density at radius 1 is 1.10 bits per heavy atom. The molecule has 3 rings (SSSR count). The van der Waals surface area contributed by atoms with Crippen LogP contribution < -0.4 is 14.8 Å². The van der Waals surface area contributed by atoms with Gasteiger partial charge in [0.05, 0.1) is 19.1 Å². The second kappa shape index (κ2) is 8.08. The van der Waals surface area contributed by atoms with E-state index >= 15 is 0 Å². The number of rotatable bonds is 6. The third-order valence-electron chi connectivity index (χ3n) is 4.48. The molecule has 154 valence electrons. The normalized spacial score (nSPS) is 16.6. The van der Waals surface area contributed by atoms with Crippen LogP contribution in [0.3, 0.4) is 0 Å². The van der Waals surface area contributed by atoms with Crippen molar-refractivity contribution in [1.29, 1.82) is 0 Å². The fraction of sp³-hybridized carbons (Fsp3) is 0.263. The van der Waals surface area contributed by atoms with Crippen molar-refractivity contribution < 1.29 is 31.9 Å². The molecule has 29 heavy (non-hydrogen) atoms. The summed E-state index contributed by atoms with van der Waals surface area (Å²) in [5.74, 6) is -1.12. The number of nitrogens with one attached hydrogen (secondary N) is 1. The first-order chi connectivity index (χ1) is 13.8. The lowest BCUT2D eigenvalue weighted by molar-refractivity contribution is -0.128. The molecule has 2 amide bonds. The molecule has 0 aliphatic carbocycles. The van der Waals surface area contributed by atoms with Crippen LogP contribution in [0.25, 0.3) is 0 Å². The fourth-order valence-electron chi connectivity index (χ4n) is 3.06. The largest absolute Gasteiger partial charge is 0.493 e. The molecule has 1 aliphatic heterocycles. The summed E-state index contributed by atoms with van der Waals surface area (Å²) in [4.78, 5) is 24.8. The van der Waals surface area contributed by atoms with Gasteiger partial charge in [0.1, 0.15) is 11.9 Å². The molecular weight excluding hydrogens is 403 g/mol. The zero-order valence-corrected chi connectivity index (χ0v) is 16.5. The maximum absolute atomic E-state index is 13.1. The molecule has 1 heterocycles. The van der Waals surface area contributed by atoms with Gasteiger partial charge < -0.3 is 14.8 Å². The second-order valence-corrected chi connectivity index (χ2v) is 8.08. The number of methoxy groups -OCH3 is 2. The van der Waals surface area contributed by atoms with Gasteiger partial charge in [-0.05, 0) is 42.8 Å². The van der Waals surface area contributed by atoms with Crippen LogP contribution in [0.1, 0.15) is 12.8 Å². The van der Waals surface area contributed by atoms with Crippen molar-refractivity contribution in [1.82, 2.24) is 4.31 Å². The van der Waals surface area contributed by atoms with Crippen LogP contribution in [-0.4, -0.2) is 44.8 Å². The summed E-state index contributed by atoms with van der Waals surface area (Å²) in [6.45, 7) is 0. The highest BCUT2D eigenvalue weighted by Crippen LogP contribution is 2.31. The van der Waals surface area contributed by atoms with Gasteiger partial charge in [-0.2, -0.15) is 0 Å². The van der Waals surface area contributed by atoms with Crippen molar-refractivity contribution in [2.45, 2.75) is 23.8 Å². The highest BCUT2D eigenvalue weighted by atomic mass is 32.2. The molecule has 10 heteroatoms. The van der Waals surface area contributed by atoms with E-state index < -0.39 is 33.7 Å². The van der Waals surface area contributed by atoms with Crippen LogP contribution >= 0.6 is 0 Å². The minimum Gasteiger partial charge on any atom is -0.493 e. The highest BCUT2D eigenvalue weighted by Gasteiger charge is 2.44. The van der Waals surface area contributed by atoms with Gasteiger partial charge in [0.2, 0.25) is 11.8 Å². The van der Waals surface area contributed by atoms with E-state index in [1.165, 1.54) is 20.3 Å². The first-order valence-electron chi connectivity index (χ1n) is 8.63. The molecule has 2 aromatic carbocycles. The quantitative estimate of drug-likeness (QED) is 0.766. The Labute approximate surface area is 167 Å². The molecule has 0 unspecified atom stereocenters. The number of hydrogen-bond donors (Lipinski definition) is 1. The molecule has 0 bridgehead atoms. The molecule has 1 aliphatic rings. The lowest BCUT2D eigenvalue weighted by Gasteiger charge is -2.24. The molecule has 1 N–H and O–H groups in total. The number of carbonyl (C=O) groups is 2. The van der Waals surface area contributed by atoms with Gasteiger partial charge in [-0.15, -0.1) is 0 Å². The number of halogens is 1. The van der Waals surface area contributed by atoms with Gasteiger partial charge in [0.15, 0.2) is 11.5 Å². The topological polar surface area (TPSA) is 102 Å². The molecule has 0 aromatic heterocycles. The zero-order valence-electron chi connectivity index (χ0n) is 15.7. The molecule has 0 spiro atoms. The van der Waals surface area contributed by atoms with Crippen LogP contribution in [0.15, 0.2) is 47.4 Å². The molecule has 1 fully saturated rings. The van der Waals surface area contributed by atoms with E-state index in [4.69, 9.17) is 9.47 Å². The number of ether oxygens (including phenoxy) is 2. The van der Waals surface area contributed by atoms with E-state index in [0.717, 1.165) is 24.3 Å². The SMILES string of the molecule is COc1ccc(NC(=O)[C@H]2CCC(=O)N2S(=O)(=O)c2ccc(F)cc2)cc1OC. The van der Waals surface area contributed by atoms with E-state index in [1.807, 2.05) is 0 Å². The Morgan fingerprint density at radius 3 is 2.38 bits per heavy atom. The monoisotopic (exact) mass is 422 g/mol. The summed E-state index contributed by atoms with van der Waals surface area (Å²) >= 11 is 0. The van der Waals surface area contributed by atoms with Crippen molar-refractivity contribution in [3.05, 3.63) is 48.3 Å². The van der Waals surface area contributed by atoms with Crippen LogP contribution in [-0.2, 0) is 19.6 Å². The number of nitrogens with zero attached hydrogens (tertiary/aromatic N) is 1. The fourth-order valence-corrected chi connectivity index (χ4v) is 4.66. The molecule has 1 atom stereocenters. The van der Waals surface area contributed by atoms with Gasteiger partial charge in [0, 0.05) is 18.2 Å². The van der Waals surface area contributed by atoms with E-state index in [2.05, 4.69) is 5.32 Å². The smallest absolute Gasteiger partial charge is 0.267 e. The number of benzene rings is 2. The summed E-state index contributed by atoms with van der Waals surface area (Å²) in [5, 5.41) is 2.60. The average Bonchev–Trinajstić information content (AvgIpc) is 3.10. The summed E-state index contributed by atoms with van der Waals surface area (Å²) < 4.78 is 49.8. The first kappa shape index (κ1) is 20.6. The predicted molar refractivity (Wildman–Crippen MR) is 102 cm³/mol. The Kier molecular flexibility index (Phi) is 5.73. The van der Waals surface area contributed by atoms with Crippen LogP contribution in [0.4, 0.5) is 10.1 Å². The van der Waals surface area contributed by atoms with Gasteiger partial charge in [0.25, 0.3) is 10.0 Å². The van der Waals surface area contributed by atoms with E-state index in [0.29, 0.717) is 21.5 Å². The van der Waals surface area contributed by atoms with Gasteiger partial charge in [-0.25, -0.2) is 17.1 Å². The maximum atomic E-state index is 13.1. The molecule has 0 saturated carbocycles. The van der Waals surface area contributed by atoms with Crippen molar-refractivity contribution in [2.75, 3.05) is 19.5 Å². The number of amides is 2. The summed E-state index contributed by atoms with van der Waals surface area (Å²) in [6, 6.07) is 7.52. The zero-order chi connectivity index (χ0) is 21.2. The number of carbonyl (C=O) groups excluding carboxylic acids is 2. The number of hydrogen-bond acceptors (Lipinski definition) is 6. The van der Waals surface area contributed by atoms with E-state index in [-0.39, 0.29) is 17.7 Å². The molecular formula is C19H19FN2O6S. The van der Waals surface area contributed by atoms with E-state index in [1.54, 1.807) is 12.1 Å². The van der Waals surface area contributed by atoms with Gasteiger partial charge in [-0.1, -0.05) is 0 Å². The minimum absolute atomic E-state index is 0.0401.